The fraction of sp³-hybridized carbons (Fsp3) is 0.533. The highest BCUT2D eigenvalue weighted by Gasteiger charge is 2.20. The molecule has 0 amide bonds. The van der Waals surface area contributed by atoms with Crippen molar-refractivity contribution < 1.29 is 9.90 Å². The zero-order chi connectivity index (χ0) is 14.3. The fourth-order valence-corrected chi connectivity index (χ4v) is 2.54. The monoisotopic (exact) mass is 283 g/mol. The molecule has 106 valence electrons. The van der Waals surface area contributed by atoms with E-state index < -0.39 is 5.97 Å². The van der Waals surface area contributed by atoms with Crippen LogP contribution in [0.2, 0.25) is 5.02 Å². The minimum atomic E-state index is -0.808. The molecule has 0 unspecified atom stereocenters. The highest BCUT2D eigenvalue weighted by Crippen LogP contribution is 2.25. The summed E-state index contributed by atoms with van der Waals surface area (Å²) in [4.78, 5) is 13.1. The van der Waals surface area contributed by atoms with E-state index in [1.807, 2.05) is 23.1 Å². The number of aliphatic carboxylic acids is 1. The standard InChI is InChI=1S/C15H22ClNO2/c1-3-6-13(7-4-2)17(11-15(18)19)14-9-5-8-12(16)10-14/h5,8-10,13H,3-4,6-7,11H2,1-2H3,(H,18,19). The number of carbonyl (C=O) groups is 1. The second-order valence-corrected chi connectivity index (χ2v) is 5.17. The lowest BCUT2D eigenvalue weighted by atomic mass is 10.0. The molecule has 1 aromatic rings. The Hall–Kier alpha value is -1.22. The Morgan fingerprint density at radius 3 is 2.42 bits per heavy atom. The minimum absolute atomic E-state index is 0.0189. The summed E-state index contributed by atoms with van der Waals surface area (Å²) in [5.41, 5.74) is 0.891. The smallest absolute Gasteiger partial charge is 0.323 e. The van der Waals surface area contributed by atoms with Crippen molar-refractivity contribution in [1.82, 2.24) is 0 Å². The van der Waals surface area contributed by atoms with E-state index in [0.29, 0.717) is 5.02 Å². The van der Waals surface area contributed by atoms with Crippen LogP contribution in [-0.4, -0.2) is 23.7 Å². The van der Waals surface area contributed by atoms with Crippen LogP contribution in [0.3, 0.4) is 0 Å². The van der Waals surface area contributed by atoms with E-state index >= 15 is 0 Å². The van der Waals surface area contributed by atoms with E-state index in [1.165, 1.54) is 0 Å². The van der Waals surface area contributed by atoms with Crippen molar-refractivity contribution in [3.63, 3.8) is 0 Å². The Kier molecular flexibility index (Phi) is 6.71. The van der Waals surface area contributed by atoms with Crippen LogP contribution in [0.25, 0.3) is 0 Å². The second kappa shape index (κ2) is 8.05. The first kappa shape index (κ1) is 15.8. The largest absolute Gasteiger partial charge is 0.480 e. The lowest BCUT2D eigenvalue weighted by Crippen LogP contribution is -2.39. The summed E-state index contributed by atoms with van der Waals surface area (Å²) in [5, 5.41) is 9.76. The number of nitrogens with zero attached hydrogens (tertiary/aromatic N) is 1. The Bertz CT molecular complexity index is 403. The van der Waals surface area contributed by atoms with E-state index in [0.717, 1.165) is 31.4 Å². The zero-order valence-corrected chi connectivity index (χ0v) is 12.4. The van der Waals surface area contributed by atoms with Crippen molar-refractivity contribution >= 4 is 23.3 Å². The number of carboxylic acid groups (broad SMARTS) is 1. The van der Waals surface area contributed by atoms with Gasteiger partial charge in [0.25, 0.3) is 0 Å². The molecule has 0 bridgehead atoms. The van der Waals surface area contributed by atoms with Gasteiger partial charge in [-0.25, -0.2) is 0 Å². The maximum Gasteiger partial charge on any atom is 0.323 e. The average Bonchev–Trinajstić information content (AvgIpc) is 2.35. The highest BCUT2D eigenvalue weighted by molar-refractivity contribution is 6.30. The van der Waals surface area contributed by atoms with Gasteiger partial charge >= 0.3 is 5.97 Å². The van der Waals surface area contributed by atoms with Gasteiger partial charge in [0.15, 0.2) is 0 Å². The van der Waals surface area contributed by atoms with Gasteiger partial charge in [0, 0.05) is 16.8 Å². The molecule has 0 aliphatic rings. The predicted octanol–water partition coefficient (Wildman–Crippen LogP) is 4.20. The van der Waals surface area contributed by atoms with E-state index in [9.17, 15) is 4.79 Å². The van der Waals surface area contributed by atoms with Crippen molar-refractivity contribution in [2.24, 2.45) is 0 Å². The quantitative estimate of drug-likeness (QED) is 0.777. The SMILES string of the molecule is CCCC(CCC)N(CC(=O)O)c1cccc(Cl)c1. The van der Waals surface area contributed by atoms with Gasteiger partial charge in [0.05, 0.1) is 0 Å². The van der Waals surface area contributed by atoms with Crippen molar-refractivity contribution in [2.45, 2.75) is 45.6 Å². The number of hydrogen-bond acceptors (Lipinski definition) is 2. The summed E-state index contributed by atoms with van der Waals surface area (Å²) in [6.07, 6.45) is 4.07. The maximum atomic E-state index is 11.1. The lowest BCUT2D eigenvalue weighted by Gasteiger charge is -2.32. The van der Waals surface area contributed by atoms with Crippen molar-refractivity contribution in [2.75, 3.05) is 11.4 Å². The first-order valence-electron chi connectivity index (χ1n) is 6.82. The molecule has 1 aromatic carbocycles. The predicted molar refractivity (Wildman–Crippen MR) is 80.0 cm³/mol. The Labute approximate surface area is 120 Å². The molecule has 1 N–H and O–H groups in total. The second-order valence-electron chi connectivity index (χ2n) is 4.73. The third-order valence-corrected chi connectivity index (χ3v) is 3.37. The van der Waals surface area contributed by atoms with Gasteiger partial charge in [-0.15, -0.1) is 0 Å². The van der Waals surface area contributed by atoms with E-state index in [2.05, 4.69) is 13.8 Å². The van der Waals surface area contributed by atoms with Crippen LogP contribution < -0.4 is 4.90 Å². The average molecular weight is 284 g/mol. The number of anilines is 1. The molecule has 0 atom stereocenters. The lowest BCUT2D eigenvalue weighted by molar-refractivity contribution is -0.135. The summed E-state index contributed by atoms with van der Waals surface area (Å²) in [7, 11) is 0. The number of rotatable bonds is 8. The summed E-state index contributed by atoms with van der Waals surface area (Å²) in [5.74, 6) is -0.808. The van der Waals surface area contributed by atoms with Crippen LogP contribution in [0, 0.1) is 0 Å². The number of carboxylic acids is 1. The van der Waals surface area contributed by atoms with Crippen LogP contribution in [-0.2, 0) is 4.79 Å². The van der Waals surface area contributed by atoms with Gasteiger partial charge in [-0.3, -0.25) is 4.79 Å². The van der Waals surface area contributed by atoms with Gasteiger partial charge in [-0.2, -0.15) is 0 Å². The summed E-state index contributed by atoms with van der Waals surface area (Å²) in [6, 6.07) is 7.68. The fourth-order valence-electron chi connectivity index (χ4n) is 2.35. The van der Waals surface area contributed by atoms with Crippen LogP contribution in [0.15, 0.2) is 24.3 Å². The van der Waals surface area contributed by atoms with Gasteiger partial charge in [-0.1, -0.05) is 44.4 Å². The van der Waals surface area contributed by atoms with Gasteiger partial charge in [-0.05, 0) is 31.0 Å². The molecule has 0 aromatic heterocycles. The van der Waals surface area contributed by atoms with Crippen LogP contribution in [0.4, 0.5) is 5.69 Å². The molecule has 0 fully saturated rings. The molecule has 0 saturated carbocycles. The van der Waals surface area contributed by atoms with E-state index in [1.54, 1.807) is 6.07 Å². The molecule has 3 nitrogen and oxygen atoms in total. The first-order chi connectivity index (χ1) is 9.08. The molecular weight excluding hydrogens is 262 g/mol. The molecule has 0 aliphatic carbocycles. The Morgan fingerprint density at radius 1 is 1.32 bits per heavy atom. The molecule has 1 rings (SSSR count). The van der Waals surface area contributed by atoms with Gasteiger partial charge in [0.1, 0.15) is 6.54 Å². The Morgan fingerprint density at radius 2 is 1.95 bits per heavy atom. The van der Waals surface area contributed by atoms with E-state index in [4.69, 9.17) is 16.7 Å². The third kappa shape index (κ3) is 5.11. The first-order valence-corrected chi connectivity index (χ1v) is 7.20. The maximum absolute atomic E-state index is 11.1. The summed E-state index contributed by atoms with van der Waals surface area (Å²) < 4.78 is 0. The van der Waals surface area contributed by atoms with Crippen LogP contribution >= 0.6 is 11.6 Å². The van der Waals surface area contributed by atoms with Gasteiger partial charge in [0.2, 0.25) is 0 Å². The topological polar surface area (TPSA) is 40.5 Å². The Balaban J connectivity index is 3.00. The molecule has 19 heavy (non-hydrogen) atoms. The van der Waals surface area contributed by atoms with Crippen molar-refractivity contribution in [1.29, 1.82) is 0 Å². The normalized spacial score (nSPS) is 10.7. The molecule has 0 spiro atoms. The number of hydrogen-bond donors (Lipinski definition) is 1. The van der Waals surface area contributed by atoms with Crippen LogP contribution in [0.1, 0.15) is 39.5 Å². The molecule has 4 heteroatoms. The third-order valence-electron chi connectivity index (χ3n) is 3.13. The van der Waals surface area contributed by atoms with Gasteiger partial charge < -0.3 is 10.0 Å². The minimum Gasteiger partial charge on any atom is -0.480 e. The summed E-state index contributed by atoms with van der Waals surface area (Å²) in [6.45, 7) is 4.27. The summed E-state index contributed by atoms with van der Waals surface area (Å²) >= 11 is 6.01. The zero-order valence-electron chi connectivity index (χ0n) is 11.6. The van der Waals surface area contributed by atoms with E-state index in [-0.39, 0.29) is 12.6 Å². The molecular formula is C15H22ClNO2. The molecule has 0 heterocycles. The molecule has 0 aliphatic heterocycles. The van der Waals surface area contributed by atoms with Crippen LogP contribution in [0.5, 0.6) is 0 Å². The number of benzene rings is 1. The van der Waals surface area contributed by atoms with Crippen molar-refractivity contribution in [3.8, 4) is 0 Å². The van der Waals surface area contributed by atoms with Crippen molar-refractivity contribution in [3.05, 3.63) is 29.3 Å². The molecule has 0 saturated heterocycles. The highest BCUT2D eigenvalue weighted by atomic mass is 35.5. The number of halogens is 1. The molecule has 0 radical (unpaired) electrons.